The molecule has 5 nitrogen and oxygen atoms in total. The van der Waals surface area contributed by atoms with Gasteiger partial charge in [0.15, 0.2) is 11.5 Å². The summed E-state index contributed by atoms with van der Waals surface area (Å²) in [7, 11) is 1.45. The molecule has 0 radical (unpaired) electrons. The summed E-state index contributed by atoms with van der Waals surface area (Å²) in [5.41, 5.74) is 2.21. The van der Waals surface area contributed by atoms with Gasteiger partial charge in [-0.1, -0.05) is 33.6 Å². The van der Waals surface area contributed by atoms with Crippen molar-refractivity contribution in [2.75, 3.05) is 25.6 Å². The number of esters is 1. The largest absolute Gasteiger partial charge is 0.490 e. The summed E-state index contributed by atoms with van der Waals surface area (Å²) >= 11 is 10.1. The Morgan fingerprint density at radius 3 is 2.42 bits per heavy atom. The third kappa shape index (κ3) is 4.01. The molecule has 5 rings (SSSR count). The number of fused-ring (bicyclic) bond motifs is 3. The molecule has 3 aliphatic rings. The summed E-state index contributed by atoms with van der Waals surface area (Å²) in [6, 6.07) is 11.7. The van der Waals surface area contributed by atoms with E-state index in [4.69, 9.17) is 25.8 Å². The molecule has 0 bridgehead atoms. The summed E-state index contributed by atoms with van der Waals surface area (Å²) in [6.45, 7) is 1.41. The maximum atomic E-state index is 13.0. The standard InChI is InChI=1S/C26H27BrClNO4/c1-31-24(30)26(29-19-6-4-5-18(28)15-19)9-7-25(8-10-26)20-16-22-21(13-17(20)14-23(25)27)32-11-2-3-12-33-22/h4-6,13-16,29H,2-3,7-12H2,1H3. The molecule has 0 unspecified atom stereocenters. The van der Waals surface area contributed by atoms with Crippen molar-refractivity contribution in [2.24, 2.45) is 0 Å². The van der Waals surface area contributed by atoms with Crippen LogP contribution < -0.4 is 14.8 Å². The molecule has 1 heterocycles. The van der Waals surface area contributed by atoms with E-state index in [-0.39, 0.29) is 11.4 Å². The lowest BCUT2D eigenvalue weighted by Gasteiger charge is -2.45. The first-order chi connectivity index (χ1) is 16.0. The number of hydrogen-bond acceptors (Lipinski definition) is 5. The summed E-state index contributed by atoms with van der Waals surface area (Å²) in [5, 5.41) is 4.08. The van der Waals surface area contributed by atoms with Gasteiger partial charge in [0.25, 0.3) is 0 Å². The molecule has 0 aromatic heterocycles. The molecule has 1 aliphatic heterocycles. The van der Waals surface area contributed by atoms with Gasteiger partial charge in [-0.15, -0.1) is 0 Å². The molecule has 2 aromatic rings. The molecule has 1 spiro atoms. The second-order valence-corrected chi connectivity index (χ2v) is 10.4. The number of anilines is 1. The molecule has 7 heteroatoms. The molecule has 0 saturated heterocycles. The number of halogens is 2. The zero-order valence-corrected chi connectivity index (χ0v) is 20.9. The molecule has 1 N–H and O–H groups in total. The van der Waals surface area contributed by atoms with Gasteiger partial charge in [0.05, 0.1) is 20.3 Å². The second-order valence-electron chi connectivity index (χ2n) is 9.07. The van der Waals surface area contributed by atoms with E-state index in [1.54, 1.807) is 0 Å². The third-order valence-electron chi connectivity index (χ3n) is 7.17. The third-order valence-corrected chi connectivity index (χ3v) is 8.39. The van der Waals surface area contributed by atoms with Crippen LogP contribution in [0.25, 0.3) is 6.08 Å². The molecule has 2 aromatic carbocycles. The first kappa shape index (κ1) is 22.6. The smallest absolute Gasteiger partial charge is 0.331 e. The summed E-state index contributed by atoms with van der Waals surface area (Å²) in [6.07, 6.45) is 7.01. The lowest BCUT2D eigenvalue weighted by molar-refractivity contribution is -0.147. The van der Waals surface area contributed by atoms with Gasteiger partial charge in [-0.05, 0) is 86.1 Å². The number of allylic oxidation sites excluding steroid dienone is 1. The topological polar surface area (TPSA) is 56.8 Å². The SMILES string of the molecule is COC(=O)C1(Nc2cccc(Cl)c2)CCC2(CC1)C(Br)=Cc1cc3c(cc12)OCCCCO3. The molecule has 1 saturated carbocycles. The predicted molar refractivity (Wildman–Crippen MR) is 134 cm³/mol. The van der Waals surface area contributed by atoms with Gasteiger partial charge in [0, 0.05) is 20.6 Å². The van der Waals surface area contributed by atoms with Crippen molar-refractivity contribution in [1.29, 1.82) is 0 Å². The first-order valence-corrected chi connectivity index (χ1v) is 12.6. The summed E-state index contributed by atoms with van der Waals surface area (Å²) < 4.78 is 18.4. The zero-order chi connectivity index (χ0) is 23.1. The molecule has 2 aliphatic carbocycles. The van der Waals surface area contributed by atoms with Gasteiger partial charge in [0.2, 0.25) is 0 Å². The van der Waals surface area contributed by atoms with Crippen molar-refractivity contribution in [3.8, 4) is 11.5 Å². The van der Waals surface area contributed by atoms with Crippen LogP contribution in [0, 0.1) is 0 Å². The Morgan fingerprint density at radius 2 is 1.76 bits per heavy atom. The summed E-state index contributed by atoms with van der Waals surface area (Å²) in [5.74, 6) is 1.38. The van der Waals surface area contributed by atoms with Crippen LogP contribution in [0.15, 0.2) is 40.9 Å². The van der Waals surface area contributed by atoms with E-state index in [1.165, 1.54) is 12.7 Å². The van der Waals surface area contributed by atoms with Crippen molar-refractivity contribution in [3.05, 3.63) is 57.0 Å². The Bertz CT molecular complexity index is 1110. The highest BCUT2D eigenvalue weighted by Gasteiger charge is 2.52. The minimum atomic E-state index is -0.802. The lowest BCUT2D eigenvalue weighted by Crippen LogP contribution is -2.52. The molecular weight excluding hydrogens is 506 g/mol. The van der Waals surface area contributed by atoms with Crippen LogP contribution in [-0.4, -0.2) is 31.8 Å². The number of carbonyl (C=O) groups excluding carboxylic acids is 1. The van der Waals surface area contributed by atoms with Crippen LogP contribution >= 0.6 is 27.5 Å². The minimum Gasteiger partial charge on any atom is -0.490 e. The fourth-order valence-corrected chi connectivity index (χ4v) is 6.38. The van der Waals surface area contributed by atoms with E-state index in [2.05, 4.69) is 39.5 Å². The Morgan fingerprint density at radius 1 is 1.06 bits per heavy atom. The minimum absolute atomic E-state index is 0.191. The normalized spacial score (nSPS) is 26.1. The number of carbonyl (C=O) groups is 1. The van der Waals surface area contributed by atoms with Crippen molar-refractivity contribution in [1.82, 2.24) is 0 Å². The average molecular weight is 533 g/mol. The van der Waals surface area contributed by atoms with E-state index in [0.29, 0.717) is 31.1 Å². The molecule has 33 heavy (non-hydrogen) atoms. The van der Waals surface area contributed by atoms with E-state index in [0.717, 1.165) is 52.9 Å². The Hall–Kier alpha value is -2.18. The fourth-order valence-electron chi connectivity index (χ4n) is 5.34. The van der Waals surface area contributed by atoms with E-state index >= 15 is 0 Å². The van der Waals surface area contributed by atoms with Crippen LogP contribution in [-0.2, 0) is 14.9 Å². The van der Waals surface area contributed by atoms with Crippen molar-refractivity contribution in [3.63, 3.8) is 0 Å². The van der Waals surface area contributed by atoms with Gasteiger partial charge in [-0.2, -0.15) is 0 Å². The highest BCUT2D eigenvalue weighted by Crippen LogP contribution is 2.57. The Kier molecular flexibility index (Phi) is 6.08. The van der Waals surface area contributed by atoms with Crippen LogP contribution in [0.4, 0.5) is 5.69 Å². The number of ether oxygens (including phenoxy) is 3. The van der Waals surface area contributed by atoms with Crippen molar-refractivity contribution in [2.45, 2.75) is 49.5 Å². The number of rotatable bonds is 3. The number of methoxy groups -OCH3 is 1. The van der Waals surface area contributed by atoms with Crippen molar-refractivity contribution >= 4 is 45.3 Å². The number of hydrogen-bond donors (Lipinski definition) is 1. The quantitative estimate of drug-likeness (QED) is 0.459. The molecule has 0 amide bonds. The van der Waals surface area contributed by atoms with Gasteiger partial charge in [0.1, 0.15) is 5.54 Å². The predicted octanol–water partition coefficient (Wildman–Crippen LogP) is 6.48. The van der Waals surface area contributed by atoms with Crippen LogP contribution in [0.1, 0.15) is 49.7 Å². The van der Waals surface area contributed by atoms with Gasteiger partial charge in [-0.25, -0.2) is 4.79 Å². The van der Waals surface area contributed by atoms with E-state index in [9.17, 15) is 4.79 Å². The van der Waals surface area contributed by atoms with Crippen LogP contribution in [0.5, 0.6) is 11.5 Å². The lowest BCUT2D eigenvalue weighted by atomic mass is 9.65. The van der Waals surface area contributed by atoms with Gasteiger partial charge < -0.3 is 19.5 Å². The summed E-state index contributed by atoms with van der Waals surface area (Å²) in [4.78, 5) is 13.0. The Balaban J connectivity index is 1.46. The van der Waals surface area contributed by atoms with Crippen LogP contribution in [0.2, 0.25) is 5.02 Å². The highest BCUT2D eigenvalue weighted by atomic mass is 79.9. The maximum Gasteiger partial charge on any atom is 0.331 e. The first-order valence-electron chi connectivity index (χ1n) is 11.4. The van der Waals surface area contributed by atoms with Crippen molar-refractivity contribution < 1.29 is 19.0 Å². The second kappa shape index (κ2) is 8.88. The molecule has 0 atom stereocenters. The number of benzene rings is 2. The average Bonchev–Trinajstić information content (AvgIpc) is 3.05. The molecule has 174 valence electrons. The molecular formula is C26H27BrClNO4. The molecule has 1 fully saturated rings. The highest BCUT2D eigenvalue weighted by molar-refractivity contribution is 9.11. The van der Waals surface area contributed by atoms with E-state index < -0.39 is 5.54 Å². The zero-order valence-electron chi connectivity index (χ0n) is 18.6. The maximum absolute atomic E-state index is 13.0. The number of nitrogens with one attached hydrogen (secondary N) is 1. The van der Waals surface area contributed by atoms with E-state index in [1.807, 2.05) is 24.3 Å². The monoisotopic (exact) mass is 531 g/mol. The van der Waals surface area contributed by atoms with Gasteiger partial charge in [-0.3, -0.25) is 0 Å². The van der Waals surface area contributed by atoms with Crippen LogP contribution in [0.3, 0.4) is 0 Å². The fraction of sp³-hybridized carbons (Fsp3) is 0.423. The van der Waals surface area contributed by atoms with Gasteiger partial charge >= 0.3 is 5.97 Å². The Labute approximate surface area is 207 Å².